The zero-order valence-corrected chi connectivity index (χ0v) is 16.5. The normalized spacial score (nSPS) is 21.0. The zero-order chi connectivity index (χ0) is 20.0. The molecule has 0 saturated heterocycles. The highest BCUT2D eigenvalue weighted by Crippen LogP contribution is 2.43. The molecule has 2 atom stereocenters. The summed E-state index contributed by atoms with van der Waals surface area (Å²) < 4.78 is 1.78. The highest BCUT2D eigenvalue weighted by molar-refractivity contribution is 6.00. The van der Waals surface area contributed by atoms with Gasteiger partial charge in [-0.15, -0.1) is 0 Å². The van der Waals surface area contributed by atoms with Gasteiger partial charge < -0.3 is 5.32 Å². The maximum atomic E-state index is 13.3. The Hall–Kier alpha value is -3.28. The Bertz CT molecular complexity index is 1080. The van der Waals surface area contributed by atoms with Gasteiger partial charge >= 0.3 is 0 Å². The fraction of sp³-hybridized carbons (Fsp3) is 0.304. The fourth-order valence-corrected chi connectivity index (χ4v) is 4.39. The summed E-state index contributed by atoms with van der Waals surface area (Å²) in [6.45, 7) is 4.38. The van der Waals surface area contributed by atoms with Gasteiger partial charge in [0.1, 0.15) is 12.4 Å². The molecule has 0 unspecified atom stereocenters. The summed E-state index contributed by atoms with van der Waals surface area (Å²) in [5.74, 6) is 1.49. The molecule has 6 heteroatoms. The molecule has 29 heavy (non-hydrogen) atoms. The minimum absolute atomic E-state index is 0.159. The number of rotatable bonds is 3. The molecule has 0 saturated carbocycles. The Morgan fingerprint density at radius 1 is 1.10 bits per heavy atom. The minimum Gasteiger partial charge on any atom is -0.328 e. The van der Waals surface area contributed by atoms with Crippen LogP contribution in [-0.2, 0) is 4.79 Å². The van der Waals surface area contributed by atoms with E-state index in [2.05, 4.69) is 58.5 Å². The molecule has 0 fully saturated rings. The van der Waals surface area contributed by atoms with Gasteiger partial charge in [-0.1, -0.05) is 44.2 Å². The van der Waals surface area contributed by atoms with Gasteiger partial charge in [0.25, 0.3) is 0 Å². The third kappa shape index (κ3) is 3.05. The minimum atomic E-state index is -0.283. The molecule has 1 aliphatic heterocycles. The summed E-state index contributed by atoms with van der Waals surface area (Å²) in [5.41, 5.74) is 5.21. The molecule has 1 aliphatic carbocycles. The number of hydrogen-bond donors (Lipinski definition) is 1. The molecule has 2 aromatic heterocycles. The van der Waals surface area contributed by atoms with Gasteiger partial charge in [0.2, 0.25) is 5.95 Å². The molecule has 0 radical (unpaired) electrons. The third-order valence-electron chi connectivity index (χ3n) is 5.94. The summed E-state index contributed by atoms with van der Waals surface area (Å²) >= 11 is 0. The quantitative estimate of drug-likeness (QED) is 0.731. The van der Waals surface area contributed by atoms with E-state index in [9.17, 15) is 4.79 Å². The molecule has 3 aromatic rings. The van der Waals surface area contributed by atoms with Crippen molar-refractivity contribution in [2.45, 2.75) is 44.6 Å². The number of carbonyl (C=O) groups excluding carboxylic acids is 1. The molecule has 0 bridgehead atoms. The van der Waals surface area contributed by atoms with Gasteiger partial charge in [-0.3, -0.25) is 9.78 Å². The van der Waals surface area contributed by atoms with E-state index in [1.54, 1.807) is 17.1 Å². The summed E-state index contributed by atoms with van der Waals surface area (Å²) in [5, 5.41) is 7.74. The molecule has 0 spiro atoms. The largest absolute Gasteiger partial charge is 0.328 e. The maximum Gasteiger partial charge on any atom is 0.226 e. The Kier molecular flexibility index (Phi) is 4.27. The van der Waals surface area contributed by atoms with Crippen LogP contribution in [0.5, 0.6) is 0 Å². The first kappa shape index (κ1) is 17.8. The van der Waals surface area contributed by atoms with Gasteiger partial charge in [-0.25, -0.2) is 4.68 Å². The molecule has 2 aliphatic rings. The molecule has 0 amide bonds. The molecule has 1 N–H and O–H groups in total. The van der Waals surface area contributed by atoms with Crippen LogP contribution in [0.25, 0.3) is 0 Å². The summed E-state index contributed by atoms with van der Waals surface area (Å²) in [6.07, 6.45) is 6.35. The van der Waals surface area contributed by atoms with Gasteiger partial charge in [0.15, 0.2) is 5.78 Å². The molecule has 146 valence electrons. The van der Waals surface area contributed by atoms with E-state index in [1.165, 1.54) is 17.5 Å². The van der Waals surface area contributed by atoms with Crippen molar-refractivity contribution in [1.29, 1.82) is 0 Å². The number of fused-ring (bicyclic) bond motifs is 1. The van der Waals surface area contributed by atoms with Crippen LogP contribution in [-0.4, -0.2) is 25.5 Å². The summed E-state index contributed by atoms with van der Waals surface area (Å²) in [4.78, 5) is 21.9. The number of hydrogen-bond acceptors (Lipinski definition) is 5. The molecule has 1 aromatic carbocycles. The lowest BCUT2D eigenvalue weighted by Crippen LogP contribution is -2.33. The number of pyridine rings is 1. The molecule has 3 heterocycles. The number of Topliss-reactive ketones (excluding diaryl/α,β-unsaturated/α-hetero) is 1. The van der Waals surface area contributed by atoms with E-state index >= 15 is 0 Å². The topological polar surface area (TPSA) is 72.7 Å². The van der Waals surface area contributed by atoms with E-state index in [-0.39, 0.29) is 17.7 Å². The van der Waals surface area contributed by atoms with Crippen LogP contribution in [0.4, 0.5) is 5.95 Å². The first-order chi connectivity index (χ1) is 14.1. The van der Waals surface area contributed by atoms with Crippen LogP contribution in [0.15, 0.2) is 66.4 Å². The standard InChI is InChI=1S/C23H23N5O/c1-14(2)15-5-7-16(8-6-15)18-10-19-21(20(29)11-18)22(17-4-3-9-24-12-17)28-23(27-19)25-13-26-28/h3-9,12-14,18,22H,10-11H2,1-2H3,(H,25,26,27)/t18-,22+/m0/s1. The van der Waals surface area contributed by atoms with E-state index < -0.39 is 0 Å². The van der Waals surface area contributed by atoms with E-state index in [4.69, 9.17) is 0 Å². The highest BCUT2D eigenvalue weighted by atomic mass is 16.1. The summed E-state index contributed by atoms with van der Waals surface area (Å²) in [7, 11) is 0. The smallest absolute Gasteiger partial charge is 0.226 e. The number of benzene rings is 1. The van der Waals surface area contributed by atoms with Crippen molar-refractivity contribution in [1.82, 2.24) is 19.7 Å². The van der Waals surface area contributed by atoms with Gasteiger partial charge in [-0.05, 0) is 41.0 Å². The van der Waals surface area contributed by atoms with E-state index in [1.807, 2.05) is 12.1 Å². The number of aromatic nitrogens is 4. The van der Waals surface area contributed by atoms with Crippen LogP contribution in [0.1, 0.15) is 61.3 Å². The van der Waals surface area contributed by atoms with Crippen LogP contribution in [0, 0.1) is 0 Å². The second-order valence-corrected chi connectivity index (χ2v) is 8.08. The van der Waals surface area contributed by atoms with Crippen molar-refractivity contribution in [3.8, 4) is 0 Å². The number of ketones is 1. The van der Waals surface area contributed by atoms with Crippen molar-refractivity contribution in [2.24, 2.45) is 0 Å². The Balaban J connectivity index is 1.53. The van der Waals surface area contributed by atoms with Gasteiger partial charge in [0.05, 0.1) is 0 Å². The van der Waals surface area contributed by atoms with Crippen molar-refractivity contribution in [3.05, 3.63) is 83.1 Å². The lowest BCUT2D eigenvalue weighted by Gasteiger charge is -2.35. The highest BCUT2D eigenvalue weighted by Gasteiger charge is 2.39. The number of allylic oxidation sites excluding steroid dienone is 2. The number of anilines is 1. The second-order valence-electron chi connectivity index (χ2n) is 8.08. The van der Waals surface area contributed by atoms with Crippen molar-refractivity contribution >= 4 is 11.7 Å². The Morgan fingerprint density at radius 3 is 2.66 bits per heavy atom. The SMILES string of the molecule is CC(C)c1ccc([C@@H]2CC(=O)C3=C(C2)Nc2ncnn2[C@@H]3c2cccnc2)cc1. The van der Waals surface area contributed by atoms with Crippen molar-refractivity contribution in [3.63, 3.8) is 0 Å². The molecular weight excluding hydrogens is 362 g/mol. The number of nitrogens with zero attached hydrogens (tertiary/aromatic N) is 4. The Labute approximate surface area is 169 Å². The number of carbonyl (C=O) groups is 1. The van der Waals surface area contributed by atoms with Crippen LogP contribution < -0.4 is 5.32 Å². The first-order valence-electron chi connectivity index (χ1n) is 10.0. The van der Waals surface area contributed by atoms with Crippen LogP contribution in [0.2, 0.25) is 0 Å². The van der Waals surface area contributed by atoms with Crippen LogP contribution >= 0.6 is 0 Å². The average Bonchev–Trinajstić information content (AvgIpc) is 3.21. The average molecular weight is 385 g/mol. The second kappa shape index (κ2) is 6.95. The monoisotopic (exact) mass is 385 g/mol. The fourth-order valence-electron chi connectivity index (χ4n) is 4.39. The van der Waals surface area contributed by atoms with E-state index in [0.29, 0.717) is 18.3 Å². The molecular formula is C23H23N5O. The molecule has 6 nitrogen and oxygen atoms in total. The van der Waals surface area contributed by atoms with Crippen molar-refractivity contribution < 1.29 is 4.79 Å². The zero-order valence-electron chi connectivity index (χ0n) is 16.5. The molecule has 5 rings (SSSR count). The first-order valence-corrected chi connectivity index (χ1v) is 10.0. The lowest BCUT2D eigenvalue weighted by atomic mass is 9.78. The van der Waals surface area contributed by atoms with Gasteiger partial charge in [-0.2, -0.15) is 10.1 Å². The summed E-state index contributed by atoms with van der Waals surface area (Å²) in [6, 6.07) is 12.3. The number of nitrogens with one attached hydrogen (secondary N) is 1. The maximum absolute atomic E-state index is 13.3. The van der Waals surface area contributed by atoms with Crippen molar-refractivity contribution in [2.75, 3.05) is 5.32 Å². The van der Waals surface area contributed by atoms with Crippen LogP contribution in [0.3, 0.4) is 0 Å². The third-order valence-corrected chi connectivity index (χ3v) is 5.94. The predicted octanol–water partition coefficient (Wildman–Crippen LogP) is 4.21. The predicted molar refractivity (Wildman–Crippen MR) is 111 cm³/mol. The van der Waals surface area contributed by atoms with Gasteiger partial charge in [0, 0.05) is 30.1 Å². The van der Waals surface area contributed by atoms with E-state index in [0.717, 1.165) is 23.3 Å². The lowest BCUT2D eigenvalue weighted by molar-refractivity contribution is -0.116. The Morgan fingerprint density at radius 2 is 1.93 bits per heavy atom.